The van der Waals surface area contributed by atoms with Gasteiger partial charge in [0, 0.05) is 42.9 Å². The number of aryl methyl sites for hydroxylation is 1. The number of nitrogens with one attached hydrogen (secondary N) is 1. The third-order valence-electron chi connectivity index (χ3n) is 5.11. The zero-order valence-electron chi connectivity index (χ0n) is 14.9. The van der Waals surface area contributed by atoms with Crippen molar-refractivity contribution in [1.29, 1.82) is 0 Å². The second-order valence-electron chi connectivity index (χ2n) is 6.82. The van der Waals surface area contributed by atoms with Crippen LogP contribution in [0.25, 0.3) is 11.4 Å². The normalized spacial score (nSPS) is 14.8. The summed E-state index contributed by atoms with van der Waals surface area (Å²) in [6, 6.07) is 14.0. The SMILES string of the molecule is Cc1cnc(-c2cccnc2)n1CCNC(=O)C1(c2ccccc2)CC1. The van der Waals surface area contributed by atoms with Gasteiger partial charge in [-0.15, -0.1) is 0 Å². The minimum absolute atomic E-state index is 0.129. The van der Waals surface area contributed by atoms with Gasteiger partial charge in [0.1, 0.15) is 5.82 Å². The fourth-order valence-electron chi connectivity index (χ4n) is 3.45. The van der Waals surface area contributed by atoms with Gasteiger partial charge >= 0.3 is 0 Å². The molecule has 132 valence electrons. The summed E-state index contributed by atoms with van der Waals surface area (Å²) in [6.07, 6.45) is 7.27. The molecule has 1 aromatic carbocycles. The van der Waals surface area contributed by atoms with Gasteiger partial charge in [0.25, 0.3) is 0 Å². The zero-order chi connectivity index (χ0) is 18.0. The van der Waals surface area contributed by atoms with E-state index in [2.05, 4.69) is 19.9 Å². The number of amides is 1. The molecule has 0 bridgehead atoms. The van der Waals surface area contributed by atoms with Gasteiger partial charge in [-0.3, -0.25) is 9.78 Å². The number of carbonyl (C=O) groups excluding carboxylic acids is 1. The number of hydrogen-bond acceptors (Lipinski definition) is 3. The highest BCUT2D eigenvalue weighted by molar-refractivity contribution is 5.91. The van der Waals surface area contributed by atoms with Crippen LogP contribution in [-0.4, -0.2) is 27.0 Å². The molecule has 1 aliphatic rings. The van der Waals surface area contributed by atoms with Crippen molar-refractivity contribution >= 4 is 5.91 Å². The molecule has 0 saturated heterocycles. The number of pyridine rings is 1. The minimum Gasteiger partial charge on any atom is -0.354 e. The summed E-state index contributed by atoms with van der Waals surface area (Å²) < 4.78 is 2.12. The van der Waals surface area contributed by atoms with Gasteiger partial charge in [-0.25, -0.2) is 4.98 Å². The van der Waals surface area contributed by atoms with Gasteiger partial charge in [0.05, 0.1) is 5.41 Å². The van der Waals surface area contributed by atoms with Crippen LogP contribution in [0.5, 0.6) is 0 Å². The van der Waals surface area contributed by atoms with Crippen molar-refractivity contribution in [2.45, 2.75) is 31.7 Å². The van der Waals surface area contributed by atoms with Crippen molar-refractivity contribution in [3.05, 3.63) is 72.3 Å². The molecule has 0 aliphatic heterocycles. The molecule has 2 aromatic heterocycles. The molecule has 3 aromatic rings. The van der Waals surface area contributed by atoms with Crippen LogP contribution in [0.15, 0.2) is 61.1 Å². The summed E-state index contributed by atoms with van der Waals surface area (Å²) >= 11 is 0. The first kappa shape index (κ1) is 16.5. The third kappa shape index (κ3) is 3.01. The first-order valence-corrected chi connectivity index (χ1v) is 8.97. The number of nitrogens with zero attached hydrogens (tertiary/aromatic N) is 3. The van der Waals surface area contributed by atoms with Gasteiger partial charge in [-0.1, -0.05) is 30.3 Å². The third-order valence-corrected chi connectivity index (χ3v) is 5.11. The van der Waals surface area contributed by atoms with Crippen LogP contribution in [0.1, 0.15) is 24.1 Å². The highest BCUT2D eigenvalue weighted by atomic mass is 16.2. The van der Waals surface area contributed by atoms with E-state index in [1.807, 2.05) is 61.8 Å². The quantitative estimate of drug-likeness (QED) is 0.746. The predicted molar refractivity (Wildman–Crippen MR) is 101 cm³/mol. The number of carbonyl (C=O) groups is 1. The summed E-state index contributed by atoms with van der Waals surface area (Å²) in [4.78, 5) is 21.4. The van der Waals surface area contributed by atoms with E-state index in [1.54, 1.807) is 6.20 Å². The Labute approximate surface area is 153 Å². The standard InChI is InChI=1S/C21H22N4O/c1-16-14-24-19(17-6-5-11-22-15-17)25(16)13-12-23-20(26)21(9-10-21)18-7-3-2-4-8-18/h2-8,11,14-15H,9-10,12-13H2,1H3,(H,23,26). The topological polar surface area (TPSA) is 59.8 Å². The summed E-state index contributed by atoms with van der Waals surface area (Å²) in [7, 11) is 0. The van der Waals surface area contributed by atoms with Crippen molar-refractivity contribution in [1.82, 2.24) is 19.9 Å². The Kier molecular flexibility index (Phi) is 4.29. The Balaban J connectivity index is 1.43. The number of imidazole rings is 1. The van der Waals surface area contributed by atoms with E-state index < -0.39 is 0 Å². The van der Waals surface area contributed by atoms with Crippen LogP contribution in [0.3, 0.4) is 0 Å². The highest BCUT2D eigenvalue weighted by Crippen LogP contribution is 2.48. The second-order valence-corrected chi connectivity index (χ2v) is 6.82. The maximum Gasteiger partial charge on any atom is 0.230 e. The Bertz CT molecular complexity index is 898. The van der Waals surface area contributed by atoms with Gasteiger partial charge < -0.3 is 9.88 Å². The van der Waals surface area contributed by atoms with E-state index in [0.29, 0.717) is 13.1 Å². The Hall–Kier alpha value is -2.95. The molecule has 1 aliphatic carbocycles. The lowest BCUT2D eigenvalue weighted by Crippen LogP contribution is -2.36. The van der Waals surface area contributed by atoms with Crippen LogP contribution in [0, 0.1) is 6.92 Å². The molecule has 1 amide bonds. The molecule has 5 heteroatoms. The maximum absolute atomic E-state index is 12.8. The van der Waals surface area contributed by atoms with Gasteiger partial charge in [0.15, 0.2) is 0 Å². The highest BCUT2D eigenvalue weighted by Gasteiger charge is 2.50. The lowest BCUT2D eigenvalue weighted by molar-refractivity contribution is -0.123. The van der Waals surface area contributed by atoms with Crippen LogP contribution in [-0.2, 0) is 16.8 Å². The van der Waals surface area contributed by atoms with Gasteiger partial charge in [-0.2, -0.15) is 0 Å². The Morgan fingerprint density at radius 3 is 2.65 bits per heavy atom. The fraction of sp³-hybridized carbons (Fsp3) is 0.286. The summed E-state index contributed by atoms with van der Waals surface area (Å²) in [6.45, 7) is 3.30. The molecular formula is C21H22N4O. The monoisotopic (exact) mass is 346 g/mol. The van der Waals surface area contributed by atoms with E-state index >= 15 is 0 Å². The van der Waals surface area contributed by atoms with Crippen molar-refractivity contribution in [2.75, 3.05) is 6.54 Å². The predicted octanol–water partition coefficient (Wildman–Crippen LogP) is 3.10. The Morgan fingerprint density at radius 1 is 1.15 bits per heavy atom. The van der Waals surface area contributed by atoms with Crippen molar-refractivity contribution in [2.24, 2.45) is 0 Å². The van der Waals surface area contributed by atoms with E-state index in [-0.39, 0.29) is 11.3 Å². The van der Waals surface area contributed by atoms with Crippen molar-refractivity contribution in [3.63, 3.8) is 0 Å². The fourth-order valence-corrected chi connectivity index (χ4v) is 3.45. The van der Waals surface area contributed by atoms with Crippen LogP contribution >= 0.6 is 0 Å². The zero-order valence-corrected chi connectivity index (χ0v) is 14.9. The molecule has 5 nitrogen and oxygen atoms in total. The molecule has 2 heterocycles. The smallest absolute Gasteiger partial charge is 0.230 e. The summed E-state index contributed by atoms with van der Waals surface area (Å²) in [5, 5.41) is 3.12. The van der Waals surface area contributed by atoms with E-state index in [4.69, 9.17) is 0 Å². The van der Waals surface area contributed by atoms with Gasteiger partial charge in [0.2, 0.25) is 5.91 Å². The van der Waals surface area contributed by atoms with Crippen LogP contribution < -0.4 is 5.32 Å². The molecule has 0 unspecified atom stereocenters. The number of hydrogen-bond donors (Lipinski definition) is 1. The largest absolute Gasteiger partial charge is 0.354 e. The molecule has 0 spiro atoms. The second kappa shape index (κ2) is 6.75. The average molecular weight is 346 g/mol. The maximum atomic E-state index is 12.8. The molecule has 0 radical (unpaired) electrons. The van der Waals surface area contributed by atoms with E-state index in [0.717, 1.165) is 35.5 Å². The Morgan fingerprint density at radius 2 is 1.96 bits per heavy atom. The molecule has 4 rings (SSSR count). The molecule has 26 heavy (non-hydrogen) atoms. The molecule has 0 atom stereocenters. The molecule has 1 N–H and O–H groups in total. The number of benzene rings is 1. The lowest BCUT2D eigenvalue weighted by atomic mass is 9.95. The van der Waals surface area contributed by atoms with E-state index in [1.165, 1.54) is 0 Å². The van der Waals surface area contributed by atoms with Crippen molar-refractivity contribution in [3.8, 4) is 11.4 Å². The van der Waals surface area contributed by atoms with E-state index in [9.17, 15) is 4.79 Å². The molecule has 1 fully saturated rings. The summed E-state index contributed by atoms with van der Waals surface area (Å²) in [5.41, 5.74) is 2.85. The summed E-state index contributed by atoms with van der Waals surface area (Å²) in [5.74, 6) is 1.01. The van der Waals surface area contributed by atoms with Crippen LogP contribution in [0.2, 0.25) is 0 Å². The molecule has 1 saturated carbocycles. The lowest BCUT2D eigenvalue weighted by Gasteiger charge is -2.17. The number of aromatic nitrogens is 3. The van der Waals surface area contributed by atoms with Gasteiger partial charge in [-0.05, 0) is 37.5 Å². The first-order valence-electron chi connectivity index (χ1n) is 8.97. The minimum atomic E-state index is -0.322. The molecular weight excluding hydrogens is 324 g/mol. The average Bonchev–Trinajstić information content (AvgIpc) is 3.43. The first-order chi connectivity index (χ1) is 12.7. The van der Waals surface area contributed by atoms with Crippen molar-refractivity contribution < 1.29 is 4.79 Å². The number of rotatable bonds is 6. The van der Waals surface area contributed by atoms with Crippen LogP contribution in [0.4, 0.5) is 0 Å².